The van der Waals surface area contributed by atoms with Crippen LogP contribution in [0.3, 0.4) is 0 Å². The Bertz CT molecular complexity index is 870. The van der Waals surface area contributed by atoms with Crippen molar-refractivity contribution in [3.05, 3.63) is 33.8 Å². The summed E-state index contributed by atoms with van der Waals surface area (Å²) in [7, 11) is 1.61. The number of piperidine rings is 1. The zero-order valence-corrected chi connectivity index (χ0v) is 16.8. The molecule has 1 spiro atoms. The van der Waals surface area contributed by atoms with Gasteiger partial charge in [0.25, 0.3) is 5.91 Å². The van der Waals surface area contributed by atoms with E-state index in [0.717, 1.165) is 56.0 Å². The molecule has 1 saturated carbocycles. The number of nitrogens with zero attached hydrogens (tertiary/aromatic N) is 3. The third kappa shape index (κ3) is 3.24. The maximum absolute atomic E-state index is 12.5. The largest absolute Gasteiger partial charge is 0.494 e. The molecule has 8 heteroatoms. The van der Waals surface area contributed by atoms with Crippen molar-refractivity contribution in [1.29, 1.82) is 0 Å². The van der Waals surface area contributed by atoms with Crippen molar-refractivity contribution in [2.45, 2.75) is 43.7 Å². The molecular weight excluding hydrogens is 376 g/mol. The Morgan fingerprint density at radius 2 is 2.07 bits per heavy atom. The lowest BCUT2D eigenvalue weighted by atomic mass is 9.85. The number of fused-ring (bicyclic) bond motifs is 2. The van der Waals surface area contributed by atoms with Crippen LogP contribution in [-0.2, 0) is 16.8 Å². The van der Waals surface area contributed by atoms with Crippen LogP contribution in [0.1, 0.15) is 45.8 Å². The van der Waals surface area contributed by atoms with E-state index in [-0.39, 0.29) is 11.5 Å². The first-order valence-electron chi connectivity index (χ1n) is 9.86. The van der Waals surface area contributed by atoms with Gasteiger partial charge in [-0.1, -0.05) is 0 Å². The highest BCUT2D eigenvalue weighted by atomic mass is 32.1. The Labute approximate surface area is 168 Å². The van der Waals surface area contributed by atoms with Crippen LogP contribution in [0.4, 0.5) is 5.95 Å². The first-order valence-corrected chi connectivity index (χ1v) is 10.7. The predicted molar refractivity (Wildman–Crippen MR) is 106 cm³/mol. The normalized spacial score (nSPS) is 20.7. The number of ether oxygens (including phenoxy) is 2. The van der Waals surface area contributed by atoms with E-state index in [2.05, 4.69) is 26.3 Å². The first kappa shape index (κ1) is 17.9. The molecule has 148 valence electrons. The van der Waals surface area contributed by atoms with Crippen LogP contribution in [0.25, 0.3) is 0 Å². The summed E-state index contributed by atoms with van der Waals surface area (Å²) in [6.07, 6.45) is 8.24. The average Bonchev–Trinajstić information content (AvgIpc) is 3.43. The van der Waals surface area contributed by atoms with Crippen molar-refractivity contribution >= 4 is 23.2 Å². The molecule has 0 unspecified atom stereocenters. The SMILES string of the molecule is COc1cnc(N2CCC3(CC2)OCCc2cc(C(=O)NC4CC4)sc23)nc1. The summed E-state index contributed by atoms with van der Waals surface area (Å²) in [5, 5.41) is 3.10. The van der Waals surface area contributed by atoms with E-state index in [9.17, 15) is 4.79 Å². The number of hydrogen-bond acceptors (Lipinski definition) is 7. The van der Waals surface area contributed by atoms with E-state index in [1.54, 1.807) is 30.8 Å². The first-order chi connectivity index (χ1) is 13.7. The second-order valence-electron chi connectivity index (χ2n) is 7.72. The molecule has 1 aliphatic carbocycles. The van der Waals surface area contributed by atoms with Gasteiger partial charge < -0.3 is 19.7 Å². The van der Waals surface area contributed by atoms with Gasteiger partial charge in [0.1, 0.15) is 5.60 Å². The van der Waals surface area contributed by atoms with E-state index in [1.807, 2.05) is 0 Å². The molecule has 2 aliphatic heterocycles. The van der Waals surface area contributed by atoms with E-state index in [1.165, 1.54) is 10.4 Å². The van der Waals surface area contributed by atoms with E-state index < -0.39 is 0 Å². The van der Waals surface area contributed by atoms with Gasteiger partial charge in [0.15, 0.2) is 5.75 Å². The van der Waals surface area contributed by atoms with Crippen LogP contribution >= 0.6 is 11.3 Å². The molecule has 0 bridgehead atoms. The van der Waals surface area contributed by atoms with Gasteiger partial charge in [-0.15, -0.1) is 11.3 Å². The molecule has 7 nitrogen and oxygen atoms in total. The zero-order chi connectivity index (χ0) is 19.1. The minimum Gasteiger partial charge on any atom is -0.494 e. The zero-order valence-electron chi connectivity index (χ0n) is 15.9. The van der Waals surface area contributed by atoms with Crippen molar-refractivity contribution in [3.63, 3.8) is 0 Å². The molecule has 28 heavy (non-hydrogen) atoms. The monoisotopic (exact) mass is 400 g/mol. The Balaban J connectivity index is 1.33. The van der Waals surface area contributed by atoms with E-state index in [4.69, 9.17) is 9.47 Å². The second-order valence-corrected chi connectivity index (χ2v) is 8.77. The molecule has 0 aromatic carbocycles. The molecular formula is C20H24N4O3S. The average molecular weight is 401 g/mol. The number of carbonyl (C=O) groups is 1. The Morgan fingerprint density at radius 3 is 2.75 bits per heavy atom. The summed E-state index contributed by atoms with van der Waals surface area (Å²) in [5.41, 5.74) is 1.01. The van der Waals surface area contributed by atoms with Gasteiger partial charge in [-0.25, -0.2) is 9.97 Å². The minimum atomic E-state index is -0.278. The molecule has 3 aliphatic rings. The Morgan fingerprint density at radius 1 is 1.32 bits per heavy atom. The van der Waals surface area contributed by atoms with Gasteiger partial charge in [0.05, 0.1) is 31.0 Å². The molecule has 5 rings (SSSR count). The fraction of sp³-hybridized carbons (Fsp3) is 0.550. The smallest absolute Gasteiger partial charge is 0.261 e. The van der Waals surface area contributed by atoms with Crippen LogP contribution in [-0.4, -0.2) is 48.7 Å². The summed E-state index contributed by atoms with van der Waals surface area (Å²) < 4.78 is 11.5. The molecule has 1 amide bonds. The number of hydrogen-bond donors (Lipinski definition) is 1. The molecule has 2 aromatic rings. The summed E-state index contributed by atoms with van der Waals surface area (Å²) in [4.78, 5) is 25.6. The highest BCUT2D eigenvalue weighted by Crippen LogP contribution is 2.45. The summed E-state index contributed by atoms with van der Waals surface area (Å²) in [6.45, 7) is 2.37. The van der Waals surface area contributed by atoms with Crippen molar-refractivity contribution in [2.75, 3.05) is 31.7 Å². The lowest BCUT2D eigenvalue weighted by Crippen LogP contribution is -2.46. The maximum Gasteiger partial charge on any atom is 0.261 e. The fourth-order valence-corrected chi connectivity index (χ4v) is 5.35. The van der Waals surface area contributed by atoms with E-state index >= 15 is 0 Å². The molecule has 2 fully saturated rings. The molecule has 0 radical (unpaired) electrons. The number of rotatable bonds is 4. The lowest BCUT2D eigenvalue weighted by Gasteiger charge is -2.43. The van der Waals surface area contributed by atoms with Crippen LogP contribution in [0, 0.1) is 0 Å². The van der Waals surface area contributed by atoms with Gasteiger partial charge in [-0.05, 0) is 43.7 Å². The Hall–Kier alpha value is -2.19. The minimum absolute atomic E-state index is 0.0705. The summed E-state index contributed by atoms with van der Waals surface area (Å²) in [5.74, 6) is 1.46. The number of amides is 1. The van der Waals surface area contributed by atoms with Crippen LogP contribution in [0.15, 0.2) is 18.5 Å². The summed E-state index contributed by atoms with van der Waals surface area (Å²) in [6, 6.07) is 2.46. The molecule has 1 saturated heterocycles. The van der Waals surface area contributed by atoms with Crippen molar-refractivity contribution in [2.24, 2.45) is 0 Å². The standard InChI is InChI=1S/C20H24N4O3S/c1-26-15-11-21-19(22-12-15)24-7-5-20(6-8-24)17-13(4-9-27-20)10-16(28-17)18(25)23-14-2-3-14/h10-12,14H,2-9H2,1H3,(H,23,25). The highest BCUT2D eigenvalue weighted by molar-refractivity contribution is 7.14. The number of aromatic nitrogens is 2. The van der Waals surface area contributed by atoms with Gasteiger partial charge >= 0.3 is 0 Å². The number of methoxy groups -OCH3 is 1. The van der Waals surface area contributed by atoms with Crippen molar-refractivity contribution in [1.82, 2.24) is 15.3 Å². The van der Waals surface area contributed by atoms with E-state index in [0.29, 0.717) is 18.4 Å². The maximum atomic E-state index is 12.5. The lowest BCUT2D eigenvalue weighted by molar-refractivity contribution is -0.0736. The van der Waals surface area contributed by atoms with Crippen LogP contribution in [0.2, 0.25) is 0 Å². The third-order valence-corrected chi connectivity index (χ3v) is 7.17. The molecule has 2 aromatic heterocycles. The highest BCUT2D eigenvalue weighted by Gasteiger charge is 2.43. The second kappa shape index (κ2) is 7.00. The number of carbonyl (C=O) groups excluding carboxylic acids is 1. The van der Waals surface area contributed by atoms with Crippen molar-refractivity contribution in [3.8, 4) is 5.75 Å². The van der Waals surface area contributed by atoms with Crippen LogP contribution in [0.5, 0.6) is 5.75 Å². The summed E-state index contributed by atoms with van der Waals surface area (Å²) >= 11 is 1.62. The number of anilines is 1. The quantitative estimate of drug-likeness (QED) is 0.850. The molecule has 4 heterocycles. The molecule has 1 N–H and O–H groups in total. The Kier molecular flexibility index (Phi) is 4.47. The van der Waals surface area contributed by atoms with Gasteiger partial charge in [0, 0.05) is 24.0 Å². The number of thiophene rings is 1. The topological polar surface area (TPSA) is 76.6 Å². The third-order valence-electron chi connectivity index (χ3n) is 5.81. The molecule has 0 atom stereocenters. The van der Waals surface area contributed by atoms with Gasteiger partial charge in [-0.3, -0.25) is 4.79 Å². The van der Waals surface area contributed by atoms with Gasteiger partial charge in [-0.2, -0.15) is 0 Å². The number of nitrogens with one attached hydrogen (secondary N) is 1. The predicted octanol–water partition coefficient (Wildman–Crippen LogP) is 2.51. The fourth-order valence-electron chi connectivity index (χ4n) is 4.04. The van der Waals surface area contributed by atoms with Gasteiger partial charge in [0.2, 0.25) is 5.95 Å². The van der Waals surface area contributed by atoms with Crippen LogP contribution < -0.4 is 15.0 Å². The van der Waals surface area contributed by atoms with Crippen molar-refractivity contribution < 1.29 is 14.3 Å².